The van der Waals surface area contributed by atoms with E-state index in [9.17, 15) is 4.79 Å². The van der Waals surface area contributed by atoms with Crippen molar-refractivity contribution in [3.05, 3.63) is 12.2 Å². The SMILES string of the molecule is CC=CCCCCC(CC)C(=O)O.Cl. The third-order valence-electron chi connectivity index (χ3n) is 2.25. The number of aliphatic carboxylic acids is 1. The third-order valence-corrected chi connectivity index (χ3v) is 2.25. The quantitative estimate of drug-likeness (QED) is 0.525. The zero-order valence-corrected chi connectivity index (χ0v) is 9.85. The molecule has 0 radical (unpaired) electrons. The highest BCUT2D eigenvalue weighted by Gasteiger charge is 2.13. The lowest BCUT2D eigenvalue weighted by Crippen LogP contribution is -2.12. The Bertz CT molecular complexity index is 167. The first-order valence-electron chi connectivity index (χ1n) is 5.06. The molecule has 0 heterocycles. The van der Waals surface area contributed by atoms with Crippen LogP contribution in [0.25, 0.3) is 0 Å². The van der Waals surface area contributed by atoms with Crippen molar-refractivity contribution in [3.63, 3.8) is 0 Å². The van der Waals surface area contributed by atoms with Crippen molar-refractivity contribution in [2.45, 2.75) is 46.0 Å². The molecule has 0 saturated heterocycles. The van der Waals surface area contributed by atoms with E-state index in [0.717, 1.165) is 32.1 Å². The molecule has 0 aromatic heterocycles. The Kier molecular flexibility index (Phi) is 12.1. The molecule has 14 heavy (non-hydrogen) atoms. The van der Waals surface area contributed by atoms with E-state index in [1.807, 2.05) is 19.9 Å². The summed E-state index contributed by atoms with van der Waals surface area (Å²) in [5.41, 5.74) is 0. The highest BCUT2D eigenvalue weighted by atomic mass is 35.5. The van der Waals surface area contributed by atoms with Crippen LogP contribution >= 0.6 is 12.4 Å². The van der Waals surface area contributed by atoms with Gasteiger partial charge in [-0.3, -0.25) is 4.79 Å². The first kappa shape index (κ1) is 15.9. The molecule has 0 saturated carbocycles. The van der Waals surface area contributed by atoms with Gasteiger partial charge in [0, 0.05) is 0 Å². The van der Waals surface area contributed by atoms with Gasteiger partial charge in [0.1, 0.15) is 0 Å². The average Bonchev–Trinajstić information content (AvgIpc) is 2.10. The molecular formula is C11H21ClO2. The van der Waals surface area contributed by atoms with Gasteiger partial charge in [0.2, 0.25) is 0 Å². The van der Waals surface area contributed by atoms with Gasteiger partial charge in [-0.15, -0.1) is 12.4 Å². The number of allylic oxidation sites excluding steroid dienone is 2. The predicted octanol–water partition coefficient (Wildman–Crippen LogP) is 3.66. The molecular weight excluding hydrogens is 200 g/mol. The number of carboxylic acid groups (broad SMARTS) is 1. The molecule has 3 heteroatoms. The van der Waals surface area contributed by atoms with Gasteiger partial charge in [0.25, 0.3) is 0 Å². The fourth-order valence-corrected chi connectivity index (χ4v) is 1.32. The summed E-state index contributed by atoms with van der Waals surface area (Å²) >= 11 is 0. The second kappa shape index (κ2) is 10.6. The molecule has 0 amide bonds. The number of hydrogen-bond donors (Lipinski definition) is 1. The van der Waals surface area contributed by atoms with E-state index in [-0.39, 0.29) is 18.3 Å². The Hall–Kier alpha value is -0.500. The average molecular weight is 221 g/mol. The lowest BCUT2D eigenvalue weighted by Gasteiger charge is -2.07. The van der Waals surface area contributed by atoms with Gasteiger partial charge in [-0.05, 0) is 32.6 Å². The van der Waals surface area contributed by atoms with Crippen LogP contribution in [-0.4, -0.2) is 11.1 Å². The largest absolute Gasteiger partial charge is 0.481 e. The van der Waals surface area contributed by atoms with E-state index in [1.54, 1.807) is 0 Å². The number of carbonyl (C=O) groups is 1. The minimum absolute atomic E-state index is 0. The molecule has 1 N–H and O–H groups in total. The van der Waals surface area contributed by atoms with Gasteiger partial charge < -0.3 is 5.11 Å². The zero-order valence-electron chi connectivity index (χ0n) is 9.03. The number of carboxylic acids is 1. The summed E-state index contributed by atoms with van der Waals surface area (Å²) in [6, 6.07) is 0. The van der Waals surface area contributed by atoms with Gasteiger partial charge >= 0.3 is 5.97 Å². The molecule has 0 aliphatic heterocycles. The van der Waals surface area contributed by atoms with Crippen molar-refractivity contribution in [2.75, 3.05) is 0 Å². The summed E-state index contributed by atoms with van der Waals surface area (Å²) in [5, 5.41) is 8.76. The standard InChI is InChI=1S/C11H20O2.ClH/c1-3-5-6-7-8-9-10(4-2)11(12)13;/h3,5,10H,4,6-9H2,1-2H3,(H,12,13);1H. The van der Waals surface area contributed by atoms with Crippen molar-refractivity contribution in [1.29, 1.82) is 0 Å². The lowest BCUT2D eigenvalue weighted by molar-refractivity contribution is -0.142. The number of halogens is 1. The van der Waals surface area contributed by atoms with Crippen LogP contribution in [0.2, 0.25) is 0 Å². The predicted molar refractivity (Wildman–Crippen MR) is 61.9 cm³/mol. The van der Waals surface area contributed by atoms with E-state index in [0.29, 0.717) is 0 Å². The van der Waals surface area contributed by atoms with Crippen molar-refractivity contribution in [1.82, 2.24) is 0 Å². The molecule has 1 atom stereocenters. The zero-order chi connectivity index (χ0) is 10.1. The van der Waals surface area contributed by atoms with E-state index in [1.165, 1.54) is 0 Å². The summed E-state index contributed by atoms with van der Waals surface area (Å²) in [4.78, 5) is 10.6. The molecule has 0 aromatic rings. The van der Waals surface area contributed by atoms with Crippen LogP contribution in [0, 0.1) is 5.92 Å². The monoisotopic (exact) mass is 220 g/mol. The van der Waals surface area contributed by atoms with Crippen molar-refractivity contribution in [2.24, 2.45) is 5.92 Å². The fraction of sp³-hybridized carbons (Fsp3) is 0.727. The van der Waals surface area contributed by atoms with E-state index >= 15 is 0 Å². The minimum atomic E-state index is -0.645. The molecule has 0 aliphatic carbocycles. The Morgan fingerprint density at radius 1 is 1.43 bits per heavy atom. The summed E-state index contributed by atoms with van der Waals surface area (Å²) in [7, 11) is 0. The number of unbranched alkanes of at least 4 members (excludes halogenated alkanes) is 2. The van der Waals surface area contributed by atoms with Crippen LogP contribution < -0.4 is 0 Å². The highest BCUT2D eigenvalue weighted by molar-refractivity contribution is 5.85. The minimum Gasteiger partial charge on any atom is -0.481 e. The third kappa shape index (κ3) is 8.11. The summed E-state index contributed by atoms with van der Waals surface area (Å²) in [6.45, 7) is 3.94. The normalized spacial score (nSPS) is 12.4. The van der Waals surface area contributed by atoms with Crippen molar-refractivity contribution in [3.8, 4) is 0 Å². The van der Waals surface area contributed by atoms with Gasteiger partial charge in [-0.25, -0.2) is 0 Å². The summed E-state index contributed by atoms with van der Waals surface area (Å²) in [6.07, 6.45) is 8.94. The highest BCUT2D eigenvalue weighted by Crippen LogP contribution is 2.13. The molecule has 0 fully saturated rings. The fourth-order valence-electron chi connectivity index (χ4n) is 1.32. The second-order valence-corrected chi connectivity index (χ2v) is 3.30. The van der Waals surface area contributed by atoms with Gasteiger partial charge in [-0.1, -0.05) is 25.5 Å². The Balaban J connectivity index is 0. The smallest absolute Gasteiger partial charge is 0.306 e. The maximum absolute atomic E-state index is 10.6. The maximum atomic E-state index is 10.6. The molecule has 0 aromatic carbocycles. The van der Waals surface area contributed by atoms with E-state index in [2.05, 4.69) is 6.08 Å². The van der Waals surface area contributed by atoms with Gasteiger partial charge in [0.15, 0.2) is 0 Å². The van der Waals surface area contributed by atoms with Crippen LogP contribution in [0.15, 0.2) is 12.2 Å². The summed E-state index contributed by atoms with van der Waals surface area (Å²) in [5.74, 6) is -0.779. The maximum Gasteiger partial charge on any atom is 0.306 e. The van der Waals surface area contributed by atoms with E-state index < -0.39 is 5.97 Å². The topological polar surface area (TPSA) is 37.3 Å². The Morgan fingerprint density at radius 3 is 2.50 bits per heavy atom. The van der Waals surface area contributed by atoms with Gasteiger partial charge in [-0.2, -0.15) is 0 Å². The first-order chi connectivity index (χ1) is 6.22. The first-order valence-corrected chi connectivity index (χ1v) is 5.06. The molecule has 1 unspecified atom stereocenters. The van der Waals surface area contributed by atoms with Crippen LogP contribution in [0.3, 0.4) is 0 Å². The molecule has 84 valence electrons. The van der Waals surface area contributed by atoms with Crippen LogP contribution in [-0.2, 0) is 4.79 Å². The number of hydrogen-bond acceptors (Lipinski definition) is 1. The Morgan fingerprint density at radius 2 is 2.07 bits per heavy atom. The lowest BCUT2D eigenvalue weighted by atomic mass is 9.99. The number of rotatable bonds is 7. The van der Waals surface area contributed by atoms with Gasteiger partial charge in [0.05, 0.1) is 5.92 Å². The summed E-state index contributed by atoms with van der Waals surface area (Å²) < 4.78 is 0. The molecule has 0 aliphatic rings. The van der Waals surface area contributed by atoms with Crippen LogP contribution in [0.5, 0.6) is 0 Å². The van der Waals surface area contributed by atoms with Crippen LogP contribution in [0.4, 0.5) is 0 Å². The second-order valence-electron chi connectivity index (χ2n) is 3.30. The molecule has 0 rings (SSSR count). The van der Waals surface area contributed by atoms with E-state index in [4.69, 9.17) is 5.11 Å². The van der Waals surface area contributed by atoms with Crippen molar-refractivity contribution < 1.29 is 9.90 Å². The molecule has 0 bridgehead atoms. The molecule has 2 nitrogen and oxygen atoms in total. The van der Waals surface area contributed by atoms with Crippen LogP contribution in [0.1, 0.15) is 46.0 Å². The van der Waals surface area contributed by atoms with Crippen molar-refractivity contribution >= 4 is 18.4 Å². The Labute approximate surface area is 92.8 Å². The molecule has 0 spiro atoms.